The highest BCUT2D eigenvalue weighted by Crippen LogP contribution is 2.50. The Morgan fingerprint density at radius 3 is 2.52 bits per heavy atom. The number of esters is 1. The molecular weight excluding hydrogens is 430 g/mol. The first kappa shape index (κ1) is 24.4. The van der Waals surface area contributed by atoms with Crippen LogP contribution in [0.15, 0.2) is 48.0 Å². The summed E-state index contributed by atoms with van der Waals surface area (Å²) >= 11 is 0. The second kappa shape index (κ2) is 10.1. The van der Waals surface area contributed by atoms with Crippen molar-refractivity contribution in [2.75, 3.05) is 11.9 Å². The maximum atomic E-state index is 13.6. The lowest BCUT2D eigenvalue weighted by Gasteiger charge is -2.44. The lowest BCUT2D eigenvalue weighted by Crippen LogP contribution is -2.48. The van der Waals surface area contributed by atoms with Gasteiger partial charge in [-0.2, -0.15) is 8.78 Å². The van der Waals surface area contributed by atoms with E-state index in [0.29, 0.717) is 18.5 Å². The van der Waals surface area contributed by atoms with Crippen molar-refractivity contribution in [1.82, 2.24) is 4.98 Å². The molecule has 1 aromatic heterocycles. The number of benzene rings is 1. The number of aryl methyl sites for hydroxylation is 1. The van der Waals surface area contributed by atoms with Crippen molar-refractivity contribution in [2.24, 2.45) is 0 Å². The molecule has 33 heavy (non-hydrogen) atoms. The lowest BCUT2D eigenvalue weighted by atomic mass is 9.59. The molecule has 1 N–H and O–H groups in total. The SMILES string of the molecule is CCOC(=O)C=C1CC(C(=O)Nc2ccc(C)nc2OC(F)F)(c2ccccc2C(C)C)C1. The number of rotatable bonds is 8. The Morgan fingerprint density at radius 2 is 1.88 bits per heavy atom. The second-order valence-corrected chi connectivity index (χ2v) is 8.37. The zero-order chi connectivity index (χ0) is 24.2. The first-order valence-corrected chi connectivity index (χ1v) is 10.9. The van der Waals surface area contributed by atoms with Crippen molar-refractivity contribution in [3.8, 4) is 5.88 Å². The zero-order valence-corrected chi connectivity index (χ0v) is 19.2. The lowest BCUT2D eigenvalue weighted by molar-refractivity contribution is -0.137. The quantitative estimate of drug-likeness (QED) is 0.431. The van der Waals surface area contributed by atoms with Gasteiger partial charge in [0.25, 0.3) is 0 Å². The molecule has 0 aliphatic heterocycles. The zero-order valence-electron chi connectivity index (χ0n) is 19.2. The molecule has 0 spiro atoms. The molecule has 3 rings (SSSR count). The van der Waals surface area contributed by atoms with E-state index in [2.05, 4.69) is 15.0 Å². The number of amides is 1. The van der Waals surface area contributed by atoms with Crippen molar-refractivity contribution in [3.05, 3.63) is 64.9 Å². The maximum absolute atomic E-state index is 13.6. The normalized spacial score (nSPS) is 17.5. The summed E-state index contributed by atoms with van der Waals surface area (Å²) in [6, 6.07) is 10.8. The van der Waals surface area contributed by atoms with Crippen LogP contribution in [0.4, 0.5) is 14.5 Å². The highest BCUT2D eigenvalue weighted by atomic mass is 19.3. The fourth-order valence-corrected chi connectivity index (χ4v) is 4.13. The number of aromatic nitrogens is 1. The Morgan fingerprint density at radius 1 is 1.18 bits per heavy atom. The Balaban J connectivity index is 1.99. The van der Waals surface area contributed by atoms with Gasteiger partial charge in [0.05, 0.1) is 12.0 Å². The number of nitrogens with one attached hydrogen (secondary N) is 1. The minimum atomic E-state index is -3.08. The van der Waals surface area contributed by atoms with E-state index in [1.807, 2.05) is 38.1 Å². The van der Waals surface area contributed by atoms with Crippen LogP contribution < -0.4 is 10.1 Å². The van der Waals surface area contributed by atoms with Gasteiger partial charge in [-0.3, -0.25) is 4.79 Å². The Bertz CT molecular complexity index is 1060. The Labute approximate surface area is 192 Å². The van der Waals surface area contributed by atoms with Crippen LogP contribution in [0, 0.1) is 6.92 Å². The van der Waals surface area contributed by atoms with Gasteiger partial charge in [-0.1, -0.05) is 43.7 Å². The number of hydrogen-bond donors (Lipinski definition) is 1. The van der Waals surface area contributed by atoms with E-state index < -0.39 is 18.0 Å². The van der Waals surface area contributed by atoms with E-state index >= 15 is 0 Å². The molecule has 0 unspecified atom stereocenters. The van der Waals surface area contributed by atoms with Crippen LogP contribution in [0.5, 0.6) is 5.88 Å². The van der Waals surface area contributed by atoms with Crippen LogP contribution in [0.3, 0.4) is 0 Å². The summed E-state index contributed by atoms with van der Waals surface area (Å²) in [5.74, 6) is -1.01. The molecule has 2 aromatic rings. The summed E-state index contributed by atoms with van der Waals surface area (Å²) < 4.78 is 35.3. The maximum Gasteiger partial charge on any atom is 0.388 e. The largest absolute Gasteiger partial charge is 0.463 e. The molecule has 1 amide bonds. The number of pyridine rings is 1. The number of alkyl halides is 2. The number of carbonyl (C=O) groups excluding carboxylic acids is 2. The van der Waals surface area contributed by atoms with Crippen LogP contribution in [0.2, 0.25) is 0 Å². The van der Waals surface area contributed by atoms with Crippen LogP contribution in [-0.4, -0.2) is 30.1 Å². The van der Waals surface area contributed by atoms with E-state index in [1.54, 1.807) is 19.9 Å². The molecule has 176 valence electrons. The van der Waals surface area contributed by atoms with Gasteiger partial charge in [0.1, 0.15) is 5.69 Å². The molecule has 1 aliphatic rings. The number of carbonyl (C=O) groups is 2. The van der Waals surface area contributed by atoms with Gasteiger partial charge in [0.2, 0.25) is 11.8 Å². The molecule has 8 heteroatoms. The molecular formula is C25H28F2N2O4. The number of nitrogens with zero attached hydrogens (tertiary/aromatic N) is 1. The van der Waals surface area contributed by atoms with Gasteiger partial charge in [-0.25, -0.2) is 9.78 Å². The number of halogens is 2. The van der Waals surface area contributed by atoms with E-state index in [4.69, 9.17) is 4.74 Å². The standard InChI is InChI=1S/C25H28F2N2O4/c1-5-32-21(30)12-17-13-25(14-17,19-9-7-6-8-18(19)15(2)3)23(31)29-20-11-10-16(4)28-22(20)33-24(26)27/h6-12,15,24H,5,13-14H2,1-4H3,(H,29,31). The highest BCUT2D eigenvalue weighted by molar-refractivity contribution is 6.02. The van der Waals surface area contributed by atoms with Gasteiger partial charge < -0.3 is 14.8 Å². The molecule has 0 bridgehead atoms. The monoisotopic (exact) mass is 458 g/mol. The highest BCUT2D eigenvalue weighted by Gasteiger charge is 2.50. The van der Waals surface area contributed by atoms with Gasteiger partial charge in [-0.05, 0) is 55.9 Å². The predicted molar refractivity (Wildman–Crippen MR) is 120 cm³/mol. The van der Waals surface area contributed by atoms with Gasteiger partial charge >= 0.3 is 12.6 Å². The summed E-state index contributed by atoms with van der Waals surface area (Å²) in [5.41, 5.74) is 2.21. The smallest absolute Gasteiger partial charge is 0.388 e. The third-order valence-corrected chi connectivity index (χ3v) is 5.65. The predicted octanol–water partition coefficient (Wildman–Crippen LogP) is 5.27. The molecule has 1 aromatic carbocycles. The van der Waals surface area contributed by atoms with E-state index in [9.17, 15) is 18.4 Å². The molecule has 1 saturated carbocycles. The van der Waals surface area contributed by atoms with Crippen molar-refractivity contribution in [1.29, 1.82) is 0 Å². The first-order valence-electron chi connectivity index (χ1n) is 10.9. The molecule has 0 atom stereocenters. The minimum Gasteiger partial charge on any atom is -0.463 e. The Hall–Kier alpha value is -3.29. The Kier molecular flexibility index (Phi) is 7.46. The average molecular weight is 459 g/mol. The summed E-state index contributed by atoms with van der Waals surface area (Å²) in [5, 5.41) is 2.75. The number of hydrogen-bond acceptors (Lipinski definition) is 5. The van der Waals surface area contributed by atoms with Crippen molar-refractivity contribution >= 4 is 17.6 Å². The van der Waals surface area contributed by atoms with E-state index in [1.165, 1.54) is 12.1 Å². The molecule has 6 nitrogen and oxygen atoms in total. The van der Waals surface area contributed by atoms with Crippen molar-refractivity contribution in [3.63, 3.8) is 0 Å². The van der Waals surface area contributed by atoms with Gasteiger partial charge in [-0.15, -0.1) is 0 Å². The van der Waals surface area contributed by atoms with E-state index in [-0.39, 0.29) is 30.0 Å². The number of ether oxygens (including phenoxy) is 2. The van der Waals surface area contributed by atoms with Crippen LogP contribution in [-0.2, 0) is 19.7 Å². The molecule has 1 aliphatic carbocycles. The minimum absolute atomic E-state index is 0.0649. The second-order valence-electron chi connectivity index (χ2n) is 8.37. The van der Waals surface area contributed by atoms with E-state index in [0.717, 1.165) is 16.7 Å². The number of allylic oxidation sites excluding steroid dienone is 1. The third-order valence-electron chi connectivity index (χ3n) is 5.65. The van der Waals surface area contributed by atoms with Gasteiger partial charge in [0.15, 0.2) is 0 Å². The average Bonchev–Trinajstić information content (AvgIpc) is 2.72. The summed E-state index contributed by atoms with van der Waals surface area (Å²) in [4.78, 5) is 29.6. The van der Waals surface area contributed by atoms with Crippen molar-refractivity contribution in [2.45, 2.75) is 58.5 Å². The molecule has 1 heterocycles. The fourth-order valence-electron chi connectivity index (χ4n) is 4.13. The van der Waals surface area contributed by atoms with Crippen LogP contribution >= 0.6 is 0 Å². The number of anilines is 1. The van der Waals surface area contributed by atoms with Crippen molar-refractivity contribution < 1.29 is 27.8 Å². The molecule has 0 radical (unpaired) electrons. The fraction of sp³-hybridized carbons (Fsp3) is 0.400. The summed E-state index contributed by atoms with van der Waals surface area (Å²) in [7, 11) is 0. The van der Waals surface area contributed by atoms with Crippen LogP contribution in [0.25, 0.3) is 0 Å². The topological polar surface area (TPSA) is 77.5 Å². The van der Waals surface area contributed by atoms with Gasteiger partial charge in [0, 0.05) is 11.8 Å². The summed E-state index contributed by atoms with van der Waals surface area (Å²) in [6.45, 7) is 4.63. The molecule has 1 fully saturated rings. The molecule has 0 saturated heterocycles. The first-order chi connectivity index (χ1) is 15.7. The third kappa shape index (κ3) is 5.38. The summed E-state index contributed by atoms with van der Waals surface area (Å²) in [6.07, 6.45) is 2.04. The van der Waals surface area contributed by atoms with Crippen LogP contribution in [0.1, 0.15) is 56.4 Å².